The van der Waals surface area contributed by atoms with E-state index in [1.54, 1.807) is 12.1 Å². The van der Waals surface area contributed by atoms with E-state index < -0.39 is 0 Å². The Balaban J connectivity index is 1.69. The summed E-state index contributed by atoms with van der Waals surface area (Å²) in [6.45, 7) is 5.22. The van der Waals surface area contributed by atoms with Crippen molar-refractivity contribution in [3.8, 4) is 0 Å². The minimum absolute atomic E-state index is 0.203. The summed E-state index contributed by atoms with van der Waals surface area (Å²) in [5.74, 6) is 1.33. The fourth-order valence-corrected chi connectivity index (χ4v) is 3.16. The lowest BCUT2D eigenvalue weighted by molar-refractivity contribution is 0.305. The summed E-state index contributed by atoms with van der Waals surface area (Å²) in [5.41, 5.74) is 0.902. The first-order chi connectivity index (χ1) is 8.22. The second-order valence-corrected chi connectivity index (χ2v) is 5.52. The first-order valence-corrected chi connectivity index (χ1v) is 6.47. The van der Waals surface area contributed by atoms with Crippen LogP contribution in [0.15, 0.2) is 18.2 Å². The van der Waals surface area contributed by atoms with Crippen molar-refractivity contribution in [3.05, 3.63) is 34.6 Å². The molecule has 1 N–H and O–H groups in total. The lowest BCUT2D eigenvalue weighted by atomic mass is 10.0. The highest BCUT2D eigenvalue weighted by molar-refractivity contribution is 6.31. The van der Waals surface area contributed by atoms with Gasteiger partial charge in [0.05, 0.1) is 0 Å². The number of benzene rings is 1. The van der Waals surface area contributed by atoms with Gasteiger partial charge in [-0.05, 0) is 48.7 Å². The Hall–Kier alpha value is -0.640. The van der Waals surface area contributed by atoms with E-state index in [4.69, 9.17) is 11.6 Å². The Morgan fingerprint density at radius 3 is 2.71 bits per heavy atom. The molecule has 4 heteroatoms. The number of halogens is 2. The summed E-state index contributed by atoms with van der Waals surface area (Å²) in [6.07, 6.45) is 0. The molecule has 2 fully saturated rings. The van der Waals surface area contributed by atoms with E-state index in [-0.39, 0.29) is 5.82 Å². The number of hydrogen-bond acceptors (Lipinski definition) is 2. The van der Waals surface area contributed by atoms with E-state index in [0.717, 1.165) is 50.1 Å². The van der Waals surface area contributed by atoms with Crippen molar-refractivity contribution >= 4 is 11.6 Å². The maximum Gasteiger partial charge on any atom is 0.123 e. The maximum absolute atomic E-state index is 13.2. The summed E-state index contributed by atoms with van der Waals surface area (Å²) < 4.78 is 13.2. The van der Waals surface area contributed by atoms with E-state index in [0.29, 0.717) is 5.02 Å². The molecule has 0 radical (unpaired) electrons. The van der Waals surface area contributed by atoms with Gasteiger partial charge in [-0.2, -0.15) is 0 Å². The van der Waals surface area contributed by atoms with Gasteiger partial charge in [0.1, 0.15) is 5.82 Å². The van der Waals surface area contributed by atoms with Crippen LogP contribution < -0.4 is 5.32 Å². The van der Waals surface area contributed by atoms with Crippen LogP contribution in [0.3, 0.4) is 0 Å². The van der Waals surface area contributed by atoms with Gasteiger partial charge in [-0.1, -0.05) is 11.6 Å². The second kappa shape index (κ2) is 4.56. The van der Waals surface area contributed by atoms with Gasteiger partial charge < -0.3 is 5.32 Å². The third-order valence-electron chi connectivity index (χ3n) is 3.87. The smallest absolute Gasteiger partial charge is 0.123 e. The predicted molar refractivity (Wildman–Crippen MR) is 66.5 cm³/mol. The van der Waals surface area contributed by atoms with Crippen LogP contribution in [0, 0.1) is 17.7 Å². The quantitative estimate of drug-likeness (QED) is 0.870. The molecule has 0 amide bonds. The fourth-order valence-electron chi connectivity index (χ4n) is 2.99. The summed E-state index contributed by atoms with van der Waals surface area (Å²) in [4.78, 5) is 2.39. The lowest BCUT2D eigenvalue weighted by Gasteiger charge is -2.17. The number of likely N-dealkylation sites (tertiary alicyclic amines) is 1. The molecule has 0 saturated carbocycles. The van der Waals surface area contributed by atoms with Crippen LogP contribution >= 0.6 is 11.6 Å². The maximum atomic E-state index is 13.2. The number of rotatable bonds is 2. The van der Waals surface area contributed by atoms with Gasteiger partial charge >= 0.3 is 0 Å². The SMILES string of the molecule is Fc1ccc(Cl)c(CN2CC3CNCC3C2)c1. The molecule has 92 valence electrons. The van der Waals surface area contributed by atoms with Gasteiger partial charge in [0, 0.05) is 24.7 Å². The third-order valence-corrected chi connectivity index (χ3v) is 4.24. The zero-order valence-corrected chi connectivity index (χ0v) is 10.4. The van der Waals surface area contributed by atoms with Crippen LogP contribution in [0.5, 0.6) is 0 Å². The van der Waals surface area contributed by atoms with E-state index in [9.17, 15) is 4.39 Å². The standard InChI is InChI=1S/C13H16ClFN2/c14-13-2-1-12(15)3-9(13)6-17-7-10-4-16-5-11(10)8-17/h1-3,10-11,16H,4-8H2. The average molecular weight is 255 g/mol. The minimum atomic E-state index is -0.203. The van der Waals surface area contributed by atoms with E-state index >= 15 is 0 Å². The van der Waals surface area contributed by atoms with Gasteiger partial charge in [0.25, 0.3) is 0 Å². The topological polar surface area (TPSA) is 15.3 Å². The largest absolute Gasteiger partial charge is 0.316 e. The van der Waals surface area contributed by atoms with E-state index in [1.165, 1.54) is 6.07 Å². The zero-order valence-electron chi connectivity index (χ0n) is 9.63. The van der Waals surface area contributed by atoms with Crippen molar-refractivity contribution in [2.75, 3.05) is 26.2 Å². The van der Waals surface area contributed by atoms with E-state index in [1.807, 2.05) is 0 Å². The Kier molecular flexibility index (Phi) is 3.07. The Morgan fingerprint density at radius 2 is 2.00 bits per heavy atom. The molecule has 0 bridgehead atoms. The monoisotopic (exact) mass is 254 g/mol. The summed E-state index contributed by atoms with van der Waals surface area (Å²) >= 11 is 6.09. The van der Waals surface area contributed by atoms with Gasteiger partial charge in [0.2, 0.25) is 0 Å². The molecule has 0 spiro atoms. The molecule has 2 unspecified atom stereocenters. The molecule has 2 aliphatic rings. The first-order valence-electron chi connectivity index (χ1n) is 6.09. The lowest BCUT2D eigenvalue weighted by Crippen LogP contribution is -2.25. The molecule has 0 aromatic heterocycles. The predicted octanol–water partition coefficient (Wildman–Crippen LogP) is 2.13. The Morgan fingerprint density at radius 1 is 1.29 bits per heavy atom. The van der Waals surface area contributed by atoms with Crippen LogP contribution in [0.1, 0.15) is 5.56 Å². The van der Waals surface area contributed by atoms with Crippen LogP contribution in [-0.2, 0) is 6.54 Å². The van der Waals surface area contributed by atoms with Crippen molar-refractivity contribution in [3.63, 3.8) is 0 Å². The summed E-state index contributed by atoms with van der Waals surface area (Å²) in [7, 11) is 0. The van der Waals surface area contributed by atoms with Crippen molar-refractivity contribution in [1.29, 1.82) is 0 Å². The average Bonchev–Trinajstić information content (AvgIpc) is 2.83. The van der Waals surface area contributed by atoms with E-state index in [2.05, 4.69) is 10.2 Å². The number of fused-ring (bicyclic) bond motifs is 1. The van der Waals surface area contributed by atoms with Gasteiger partial charge in [-0.15, -0.1) is 0 Å². The molecule has 2 nitrogen and oxygen atoms in total. The number of hydrogen-bond donors (Lipinski definition) is 1. The molecule has 2 saturated heterocycles. The van der Waals surface area contributed by atoms with Crippen LogP contribution in [0.4, 0.5) is 4.39 Å². The second-order valence-electron chi connectivity index (χ2n) is 5.11. The molecule has 2 heterocycles. The van der Waals surface area contributed by atoms with Crippen molar-refractivity contribution in [1.82, 2.24) is 10.2 Å². The zero-order chi connectivity index (χ0) is 11.8. The van der Waals surface area contributed by atoms with Gasteiger partial charge in [-0.25, -0.2) is 4.39 Å². The molecule has 2 aliphatic heterocycles. The highest BCUT2D eigenvalue weighted by Crippen LogP contribution is 2.28. The van der Waals surface area contributed by atoms with Gasteiger partial charge in [-0.3, -0.25) is 4.90 Å². The Labute approximate surface area is 106 Å². The third kappa shape index (κ3) is 2.32. The van der Waals surface area contributed by atoms with Crippen molar-refractivity contribution < 1.29 is 4.39 Å². The summed E-state index contributed by atoms with van der Waals surface area (Å²) in [5, 5.41) is 4.08. The molecule has 2 atom stereocenters. The molecule has 17 heavy (non-hydrogen) atoms. The van der Waals surface area contributed by atoms with Crippen LogP contribution in [0.2, 0.25) is 5.02 Å². The number of nitrogens with zero attached hydrogens (tertiary/aromatic N) is 1. The molecule has 1 aromatic carbocycles. The van der Waals surface area contributed by atoms with Crippen molar-refractivity contribution in [2.24, 2.45) is 11.8 Å². The highest BCUT2D eigenvalue weighted by Gasteiger charge is 2.35. The highest BCUT2D eigenvalue weighted by atomic mass is 35.5. The molecule has 1 aromatic rings. The number of nitrogens with one attached hydrogen (secondary N) is 1. The molecular weight excluding hydrogens is 239 g/mol. The molecule has 3 rings (SSSR count). The van der Waals surface area contributed by atoms with Gasteiger partial charge in [0.15, 0.2) is 0 Å². The molecule has 0 aliphatic carbocycles. The Bertz CT molecular complexity index is 412. The minimum Gasteiger partial charge on any atom is -0.316 e. The summed E-state index contributed by atoms with van der Waals surface area (Å²) in [6, 6.07) is 4.60. The fraction of sp³-hybridized carbons (Fsp3) is 0.538. The normalized spacial score (nSPS) is 28.6. The first kappa shape index (κ1) is 11.5. The van der Waals surface area contributed by atoms with Crippen molar-refractivity contribution in [2.45, 2.75) is 6.54 Å². The van der Waals surface area contributed by atoms with Crippen LogP contribution in [-0.4, -0.2) is 31.1 Å². The van der Waals surface area contributed by atoms with Crippen LogP contribution in [0.25, 0.3) is 0 Å². The molecular formula is C13H16ClFN2.